The van der Waals surface area contributed by atoms with E-state index in [-0.39, 0.29) is 5.41 Å². The molecule has 1 aromatic rings. The van der Waals surface area contributed by atoms with Crippen molar-refractivity contribution < 1.29 is 4.52 Å². The summed E-state index contributed by atoms with van der Waals surface area (Å²) in [6, 6.07) is 0.301. The van der Waals surface area contributed by atoms with Crippen LogP contribution in [0.5, 0.6) is 0 Å². The van der Waals surface area contributed by atoms with Gasteiger partial charge < -0.3 is 9.84 Å². The minimum atomic E-state index is 0.135. The fraction of sp³-hybridized carbons (Fsp3) is 0.857. The van der Waals surface area contributed by atoms with E-state index < -0.39 is 0 Å². The maximum absolute atomic E-state index is 5.54. The van der Waals surface area contributed by atoms with Gasteiger partial charge in [-0.25, -0.2) is 0 Å². The molecule has 0 amide bonds. The summed E-state index contributed by atoms with van der Waals surface area (Å²) in [7, 11) is 0. The molecule has 1 saturated carbocycles. The summed E-state index contributed by atoms with van der Waals surface area (Å²) in [5, 5.41) is 7.75. The number of nitrogens with one attached hydrogen (secondary N) is 1. The highest BCUT2D eigenvalue weighted by Crippen LogP contribution is 2.40. The lowest BCUT2D eigenvalue weighted by Gasteiger charge is -2.17. The summed E-state index contributed by atoms with van der Waals surface area (Å²) in [6.45, 7) is 3.34. The van der Waals surface area contributed by atoms with Crippen LogP contribution in [0.4, 0.5) is 0 Å². The molecule has 100 valence electrons. The van der Waals surface area contributed by atoms with E-state index in [1.54, 1.807) is 0 Å². The molecule has 1 aliphatic heterocycles. The molecule has 1 saturated heterocycles. The predicted octanol–water partition coefficient (Wildman–Crippen LogP) is 3.11. The predicted molar refractivity (Wildman–Crippen MR) is 69.3 cm³/mol. The van der Waals surface area contributed by atoms with Crippen LogP contribution in [0.1, 0.15) is 76.0 Å². The van der Waals surface area contributed by atoms with Crippen molar-refractivity contribution in [3.05, 3.63) is 11.7 Å². The third kappa shape index (κ3) is 2.30. The maximum Gasteiger partial charge on any atom is 0.232 e. The van der Waals surface area contributed by atoms with Crippen molar-refractivity contribution in [3.63, 3.8) is 0 Å². The first kappa shape index (κ1) is 12.2. The molecule has 3 rings (SSSR count). The van der Waals surface area contributed by atoms with Gasteiger partial charge in [-0.3, -0.25) is 0 Å². The van der Waals surface area contributed by atoms with Crippen LogP contribution < -0.4 is 5.32 Å². The molecule has 1 N–H and O–H groups in total. The van der Waals surface area contributed by atoms with Gasteiger partial charge in [0.1, 0.15) is 0 Å². The molecule has 1 aromatic heterocycles. The standard InChI is InChI=1S/C14H23N3O/c1-14(8-4-5-9-14)13-16-12(17-18-13)11-7-3-2-6-10-15-11/h11,15H,2-10H2,1H3. The SMILES string of the molecule is CC1(c2nc(C3CCCCCN3)no2)CCCC1. The molecule has 0 aromatic carbocycles. The van der Waals surface area contributed by atoms with Crippen molar-refractivity contribution in [1.29, 1.82) is 0 Å². The molecule has 18 heavy (non-hydrogen) atoms. The monoisotopic (exact) mass is 249 g/mol. The van der Waals surface area contributed by atoms with Crippen LogP contribution in [0.2, 0.25) is 0 Å². The van der Waals surface area contributed by atoms with Gasteiger partial charge >= 0.3 is 0 Å². The van der Waals surface area contributed by atoms with E-state index in [4.69, 9.17) is 4.52 Å². The molecular weight excluding hydrogens is 226 g/mol. The Balaban J connectivity index is 1.76. The molecule has 0 spiro atoms. The van der Waals surface area contributed by atoms with Crippen LogP contribution >= 0.6 is 0 Å². The number of hydrogen-bond acceptors (Lipinski definition) is 4. The Labute approximate surface area is 109 Å². The molecule has 0 bridgehead atoms. The van der Waals surface area contributed by atoms with E-state index in [2.05, 4.69) is 22.4 Å². The van der Waals surface area contributed by atoms with Gasteiger partial charge in [0.2, 0.25) is 5.89 Å². The molecule has 4 heteroatoms. The zero-order valence-electron chi connectivity index (χ0n) is 11.2. The highest BCUT2D eigenvalue weighted by Gasteiger charge is 2.36. The minimum Gasteiger partial charge on any atom is -0.339 e. The lowest BCUT2D eigenvalue weighted by molar-refractivity contribution is 0.292. The fourth-order valence-electron chi connectivity index (χ4n) is 3.24. The molecule has 4 nitrogen and oxygen atoms in total. The second kappa shape index (κ2) is 5.00. The molecule has 2 fully saturated rings. The van der Waals surface area contributed by atoms with E-state index >= 15 is 0 Å². The van der Waals surface area contributed by atoms with Gasteiger partial charge in [-0.05, 0) is 32.2 Å². The van der Waals surface area contributed by atoms with Crippen molar-refractivity contribution in [1.82, 2.24) is 15.5 Å². The van der Waals surface area contributed by atoms with Crippen LogP contribution in [0.25, 0.3) is 0 Å². The fourth-order valence-corrected chi connectivity index (χ4v) is 3.24. The van der Waals surface area contributed by atoms with E-state index in [0.717, 1.165) is 24.7 Å². The van der Waals surface area contributed by atoms with Gasteiger partial charge in [-0.15, -0.1) is 0 Å². The Morgan fingerprint density at radius 2 is 2.00 bits per heavy atom. The van der Waals surface area contributed by atoms with E-state index in [0.29, 0.717) is 6.04 Å². The largest absolute Gasteiger partial charge is 0.339 e. The maximum atomic E-state index is 5.54. The average Bonchev–Trinajstić information content (AvgIpc) is 2.94. The molecule has 2 heterocycles. The Hall–Kier alpha value is -0.900. The summed E-state index contributed by atoms with van der Waals surface area (Å²) in [5.41, 5.74) is 0.135. The molecule has 1 unspecified atom stereocenters. The van der Waals surface area contributed by atoms with Gasteiger partial charge in [0.05, 0.1) is 6.04 Å². The summed E-state index contributed by atoms with van der Waals surface area (Å²) in [5.74, 6) is 1.74. The first-order valence-corrected chi connectivity index (χ1v) is 7.35. The lowest BCUT2D eigenvalue weighted by atomic mass is 9.89. The van der Waals surface area contributed by atoms with Gasteiger partial charge in [-0.2, -0.15) is 4.98 Å². The third-order valence-electron chi connectivity index (χ3n) is 4.54. The van der Waals surface area contributed by atoms with Crippen molar-refractivity contribution in [3.8, 4) is 0 Å². The number of aromatic nitrogens is 2. The van der Waals surface area contributed by atoms with Gasteiger partial charge in [0.15, 0.2) is 5.82 Å². The number of rotatable bonds is 2. The zero-order valence-corrected chi connectivity index (χ0v) is 11.2. The van der Waals surface area contributed by atoms with Crippen LogP contribution in [0.15, 0.2) is 4.52 Å². The third-order valence-corrected chi connectivity index (χ3v) is 4.54. The number of hydrogen-bond donors (Lipinski definition) is 1. The Morgan fingerprint density at radius 3 is 2.83 bits per heavy atom. The molecule has 1 aliphatic carbocycles. The smallest absolute Gasteiger partial charge is 0.232 e. The second-order valence-corrected chi connectivity index (χ2v) is 6.08. The first-order chi connectivity index (χ1) is 8.78. The highest BCUT2D eigenvalue weighted by atomic mass is 16.5. The van der Waals surface area contributed by atoms with Crippen LogP contribution in [-0.2, 0) is 5.41 Å². The Kier molecular flexibility index (Phi) is 3.37. The quantitative estimate of drug-likeness (QED) is 0.875. The zero-order chi connectivity index (χ0) is 12.4. The Bertz CT molecular complexity index is 387. The molecular formula is C14H23N3O. The van der Waals surface area contributed by atoms with Crippen molar-refractivity contribution >= 4 is 0 Å². The van der Waals surface area contributed by atoms with Crippen LogP contribution in [0.3, 0.4) is 0 Å². The summed E-state index contributed by atoms with van der Waals surface area (Å²) in [6.07, 6.45) is 9.92. The van der Waals surface area contributed by atoms with E-state index in [1.165, 1.54) is 44.9 Å². The van der Waals surface area contributed by atoms with Crippen LogP contribution in [0, 0.1) is 0 Å². The van der Waals surface area contributed by atoms with Crippen molar-refractivity contribution in [2.45, 2.75) is 69.7 Å². The number of nitrogens with zero attached hydrogens (tertiary/aromatic N) is 2. The average molecular weight is 249 g/mol. The first-order valence-electron chi connectivity index (χ1n) is 7.35. The Morgan fingerprint density at radius 1 is 1.17 bits per heavy atom. The second-order valence-electron chi connectivity index (χ2n) is 6.08. The molecule has 2 aliphatic rings. The lowest BCUT2D eigenvalue weighted by Crippen LogP contribution is -2.22. The minimum absolute atomic E-state index is 0.135. The molecule has 0 radical (unpaired) electrons. The summed E-state index contributed by atoms with van der Waals surface area (Å²) >= 11 is 0. The van der Waals surface area contributed by atoms with Crippen molar-refractivity contribution in [2.75, 3.05) is 6.54 Å². The summed E-state index contributed by atoms with van der Waals surface area (Å²) < 4.78 is 5.54. The topological polar surface area (TPSA) is 51.0 Å². The normalized spacial score (nSPS) is 28.2. The molecule has 1 atom stereocenters. The van der Waals surface area contributed by atoms with E-state index in [1.807, 2.05) is 0 Å². The highest BCUT2D eigenvalue weighted by molar-refractivity contribution is 5.07. The van der Waals surface area contributed by atoms with Gasteiger partial charge in [-0.1, -0.05) is 37.8 Å². The van der Waals surface area contributed by atoms with E-state index in [9.17, 15) is 0 Å². The van der Waals surface area contributed by atoms with Crippen molar-refractivity contribution in [2.24, 2.45) is 0 Å². The van der Waals surface area contributed by atoms with Gasteiger partial charge in [0.25, 0.3) is 0 Å². The summed E-state index contributed by atoms with van der Waals surface area (Å²) in [4.78, 5) is 4.69. The van der Waals surface area contributed by atoms with Gasteiger partial charge in [0, 0.05) is 5.41 Å². The van der Waals surface area contributed by atoms with Crippen LogP contribution in [-0.4, -0.2) is 16.7 Å².